The number of carbonyl (C=O) groups is 1. The molecule has 0 unspecified atom stereocenters. The average Bonchev–Trinajstić information content (AvgIpc) is 2.09. The average molecular weight is 176 g/mol. The summed E-state index contributed by atoms with van der Waals surface area (Å²) in [6.45, 7) is 3.51. The summed E-state index contributed by atoms with van der Waals surface area (Å²) in [7, 11) is 0. The number of aliphatic carboxylic acids is 1. The minimum absolute atomic E-state index is 0.944. The molecule has 2 nitrogen and oxygen atoms in total. The quantitative estimate of drug-likeness (QED) is 0.516. The van der Waals surface area contributed by atoms with E-state index in [4.69, 9.17) is 5.11 Å². The molecule has 0 aliphatic heterocycles. The first-order valence-electron chi connectivity index (χ1n) is 3.79. The van der Waals surface area contributed by atoms with Crippen molar-refractivity contribution in [3.63, 3.8) is 0 Å². The summed E-state index contributed by atoms with van der Waals surface area (Å²) in [4.78, 5) is 10.0. The van der Waals surface area contributed by atoms with E-state index >= 15 is 0 Å². The van der Waals surface area contributed by atoms with Gasteiger partial charge in [0.2, 0.25) is 0 Å². The molecule has 0 aromatic heterocycles. The topological polar surface area (TPSA) is 37.3 Å². The SMILES string of the molecule is C=CC=CC=CC=CC=CC(=O)O. The van der Waals surface area contributed by atoms with Gasteiger partial charge in [-0.05, 0) is 0 Å². The Morgan fingerprint density at radius 1 is 0.923 bits per heavy atom. The van der Waals surface area contributed by atoms with Gasteiger partial charge in [0, 0.05) is 6.08 Å². The number of allylic oxidation sites excluding steroid dienone is 8. The number of rotatable bonds is 5. The number of carboxylic acids is 1. The normalized spacial score (nSPS) is 12.3. The molecule has 68 valence electrons. The van der Waals surface area contributed by atoms with Crippen LogP contribution in [0.1, 0.15) is 0 Å². The molecule has 0 radical (unpaired) electrons. The van der Waals surface area contributed by atoms with E-state index in [0.29, 0.717) is 0 Å². The Labute approximate surface area is 77.9 Å². The summed E-state index contributed by atoms with van der Waals surface area (Å²) in [6, 6.07) is 0. The van der Waals surface area contributed by atoms with Gasteiger partial charge in [-0.2, -0.15) is 0 Å². The maximum Gasteiger partial charge on any atom is 0.328 e. The van der Waals surface area contributed by atoms with Crippen LogP contribution in [0.25, 0.3) is 0 Å². The van der Waals surface area contributed by atoms with Crippen LogP contribution in [0.3, 0.4) is 0 Å². The minimum Gasteiger partial charge on any atom is -0.478 e. The molecule has 0 fully saturated rings. The van der Waals surface area contributed by atoms with Crippen LogP contribution in [0.5, 0.6) is 0 Å². The van der Waals surface area contributed by atoms with Crippen LogP contribution in [-0.2, 0) is 4.79 Å². The number of hydrogen-bond acceptors (Lipinski definition) is 1. The van der Waals surface area contributed by atoms with Gasteiger partial charge in [0.05, 0.1) is 0 Å². The van der Waals surface area contributed by atoms with Gasteiger partial charge in [0.15, 0.2) is 0 Å². The van der Waals surface area contributed by atoms with E-state index in [-0.39, 0.29) is 0 Å². The first kappa shape index (κ1) is 11.2. The maximum atomic E-state index is 10.0. The van der Waals surface area contributed by atoms with Crippen molar-refractivity contribution >= 4 is 5.97 Å². The Kier molecular flexibility index (Phi) is 7.10. The van der Waals surface area contributed by atoms with E-state index < -0.39 is 5.97 Å². The molecule has 0 saturated heterocycles. The molecule has 0 aliphatic carbocycles. The number of carboxylic acid groups (broad SMARTS) is 1. The largest absolute Gasteiger partial charge is 0.478 e. The summed E-state index contributed by atoms with van der Waals surface area (Å²) in [5.74, 6) is -0.944. The highest BCUT2D eigenvalue weighted by molar-refractivity contribution is 5.80. The Bertz CT molecular complexity index is 268. The molecule has 0 saturated carbocycles. The summed E-state index contributed by atoms with van der Waals surface area (Å²) < 4.78 is 0. The van der Waals surface area contributed by atoms with E-state index in [1.807, 2.05) is 12.2 Å². The lowest BCUT2D eigenvalue weighted by Gasteiger charge is -1.74. The van der Waals surface area contributed by atoms with Crippen molar-refractivity contribution in [2.24, 2.45) is 0 Å². The highest BCUT2D eigenvalue weighted by Gasteiger charge is 1.78. The molecule has 0 aromatic carbocycles. The van der Waals surface area contributed by atoms with Crippen molar-refractivity contribution in [3.05, 3.63) is 61.3 Å². The Morgan fingerprint density at radius 2 is 1.38 bits per heavy atom. The second kappa shape index (κ2) is 8.27. The van der Waals surface area contributed by atoms with Gasteiger partial charge in [-0.3, -0.25) is 0 Å². The van der Waals surface area contributed by atoms with Crippen LogP contribution in [-0.4, -0.2) is 11.1 Å². The predicted molar refractivity (Wildman–Crippen MR) is 54.4 cm³/mol. The summed E-state index contributed by atoms with van der Waals surface area (Å²) in [5, 5.41) is 8.23. The molecule has 13 heavy (non-hydrogen) atoms. The molecule has 0 aliphatic rings. The van der Waals surface area contributed by atoms with Crippen molar-refractivity contribution in [2.45, 2.75) is 0 Å². The van der Waals surface area contributed by atoms with Crippen LogP contribution in [0.2, 0.25) is 0 Å². The lowest BCUT2D eigenvalue weighted by molar-refractivity contribution is -0.131. The van der Waals surface area contributed by atoms with Crippen LogP contribution in [0.4, 0.5) is 0 Å². The maximum absolute atomic E-state index is 10.0. The number of hydrogen-bond donors (Lipinski definition) is 1. The van der Waals surface area contributed by atoms with E-state index in [1.165, 1.54) is 6.08 Å². The second-order valence-corrected chi connectivity index (χ2v) is 2.09. The van der Waals surface area contributed by atoms with Crippen molar-refractivity contribution in [1.29, 1.82) is 0 Å². The molecule has 2 heteroatoms. The smallest absolute Gasteiger partial charge is 0.328 e. The van der Waals surface area contributed by atoms with Crippen molar-refractivity contribution in [3.8, 4) is 0 Å². The summed E-state index contributed by atoms with van der Waals surface area (Å²) in [5.41, 5.74) is 0. The Hall–Kier alpha value is -1.83. The lowest BCUT2D eigenvalue weighted by Crippen LogP contribution is -1.84. The fraction of sp³-hybridized carbons (Fsp3) is 0. The molecule has 0 amide bonds. The molecule has 0 spiro atoms. The van der Waals surface area contributed by atoms with Crippen LogP contribution >= 0.6 is 0 Å². The Balaban J connectivity index is 3.75. The van der Waals surface area contributed by atoms with Gasteiger partial charge in [0.1, 0.15) is 0 Å². The molecule has 0 rings (SSSR count). The van der Waals surface area contributed by atoms with E-state index in [1.54, 1.807) is 30.4 Å². The molecule has 0 bridgehead atoms. The zero-order valence-corrected chi connectivity index (χ0v) is 7.26. The monoisotopic (exact) mass is 176 g/mol. The van der Waals surface area contributed by atoms with Crippen molar-refractivity contribution in [2.75, 3.05) is 0 Å². The zero-order chi connectivity index (χ0) is 9.94. The fourth-order valence-electron chi connectivity index (χ4n) is 0.537. The van der Waals surface area contributed by atoms with Gasteiger partial charge in [0.25, 0.3) is 0 Å². The third-order valence-electron chi connectivity index (χ3n) is 1.04. The van der Waals surface area contributed by atoms with Crippen LogP contribution < -0.4 is 0 Å². The highest BCUT2D eigenvalue weighted by Crippen LogP contribution is 1.82. The van der Waals surface area contributed by atoms with Crippen LogP contribution in [0, 0.1) is 0 Å². The van der Waals surface area contributed by atoms with E-state index in [0.717, 1.165) is 6.08 Å². The van der Waals surface area contributed by atoms with E-state index in [9.17, 15) is 4.79 Å². The standard InChI is InChI=1S/C11H12O2/c1-2-3-4-5-6-7-8-9-10-11(12)13/h2-10H,1H2,(H,12,13). The van der Waals surface area contributed by atoms with Gasteiger partial charge < -0.3 is 5.11 Å². The predicted octanol–water partition coefficient (Wildman–Crippen LogP) is 2.48. The fourth-order valence-corrected chi connectivity index (χ4v) is 0.537. The van der Waals surface area contributed by atoms with E-state index in [2.05, 4.69) is 6.58 Å². The van der Waals surface area contributed by atoms with Gasteiger partial charge in [-0.1, -0.05) is 55.2 Å². The lowest BCUT2D eigenvalue weighted by atomic mass is 10.4. The molecule has 0 aromatic rings. The minimum atomic E-state index is -0.944. The van der Waals surface area contributed by atoms with Gasteiger partial charge in [-0.25, -0.2) is 4.79 Å². The third-order valence-corrected chi connectivity index (χ3v) is 1.04. The molecular formula is C11H12O2. The second-order valence-electron chi connectivity index (χ2n) is 2.09. The molecule has 0 atom stereocenters. The van der Waals surface area contributed by atoms with Crippen molar-refractivity contribution in [1.82, 2.24) is 0 Å². The zero-order valence-electron chi connectivity index (χ0n) is 7.26. The first-order chi connectivity index (χ1) is 6.27. The highest BCUT2D eigenvalue weighted by atomic mass is 16.4. The van der Waals surface area contributed by atoms with Crippen molar-refractivity contribution < 1.29 is 9.90 Å². The van der Waals surface area contributed by atoms with Gasteiger partial charge in [-0.15, -0.1) is 0 Å². The molecular weight excluding hydrogens is 164 g/mol. The van der Waals surface area contributed by atoms with Crippen LogP contribution in [0.15, 0.2) is 61.3 Å². The van der Waals surface area contributed by atoms with Gasteiger partial charge >= 0.3 is 5.97 Å². The Morgan fingerprint density at radius 3 is 1.85 bits per heavy atom. The first-order valence-corrected chi connectivity index (χ1v) is 3.79. The third kappa shape index (κ3) is 10.2. The molecule has 0 heterocycles. The summed E-state index contributed by atoms with van der Waals surface area (Å²) in [6.07, 6.45) is 14.9. The molecule has 1 N–H and O–H groups in total. The summed E-state index contributed by atoms with van der Waals surface area (Å²) >= 11 is 0.